The smallest absolute Gasteiger partial charge is 0.332 e. The Hall–Kier alpha value is -4.25. The lowest BCUT2D eigenvalue weighted by Gasteiger charge is -2.66. The molecule has 1 aromatic carbocycles. The maximum absolute atomic E-state index is 14.0. The van der Waals surface area contributed by atoms with Crippen LogP contribution in [0.1, 0.15) is 42.5 Å². The van der Waals surface area contributed by atoms with Crippen molar-refractivity contribution in [1.29, 1.82) is 10.5 Å². The first-order valence-corrected chi connectivity index (χ1v) is 10.9. The SMILES string of the molecule is Cc1cc(/C=C/C#N)cc(C)c1Oc1nc(NC23CC(C#N)(C2)C3)nc2c(=O)n(C)n(C(F)F)c12. The van der Waals surface area contributed by atoms with Crippen LogP contribution in [0.25, 0.3) is 17.1 Å². The number of halogens is 2. The normalized spacial score (nSPS) is 22.5. The van der Waals surface area contributed by atoms with Crippen LogP contribution in [-0.2, 0) is 7.05 Å². The van der Waals surface area contributed by atoms with Crippen LogP contribution in [0.15, 0.2) is 23.0 Å². The number of aromatic nitrogens is 4. The summed E-state index contributed by atoms with van der Waals surface area (Å²) in [5.74, 6) is 0.312. The van der Waals surface area contributed by atoms with Gasteiger partial charge < -0.3 is 10.1 Å². The zero-order chi connectivity index (χ0) is 25.1. The van der Waals surface area contributed by atoms with Gasteiger partial charge in [-0.2, -0.15) is 24.3 Å². The molecule has 11 heteroatoms. The number of nitrogens with zero attached hydrogens (tertiary/aromatic N) is 6. The van der Waals surface area contributed by atoms with Gasteiger partial charge in [-0.15, -0.1) is 0 Å². The van der Waals surface area contributed by atoms with Crippen LogP contribution in [0.2, 0.25) is 0 Å². The number of alkyl halides is 2. The van der Waals surface area contributed by atoms with Crippen LogP contribution in [0.5, 0.6) is 11.6 Å². The summed E-state index contributed by atoms with van der Waals surface area (Å²) in [7, 11) is 1.23. The van der Waals surface area contributed by atoms with Crippen molar-refractivity contribution in [3.8, 4) is 23.8 Å². The molecule has 3 saturated carbocycles. The Kier molecular flexibility index (Phi) is 4.92. The highest BCUT2D eigenvalue weighted by atomic mass is 19.3. The standard InChI is InChI=1S/C24H21F2N7O2/c1-13-7-15(5-4-6-27)8-14(2)18(13)35-19-17-16(20(34)32(3)33(17)21(25)26)29-22(30-19)31-24-9-23(10-24,11-24)12-28/h4-5,7-8,21H,9-11H2,1-3H3,(H,29,30,31)/b5-4+. The number of anilines is 1. The molecular formula is C24H21F2N7O2. The number of ether oxygens (including phenoxy) is 1. The minimum absolute atomic E-state index is 0.0896. The fourth-order valence-corrected chi connectivity index (χ4v) is 5.29. The summed E-state index contributed by atoms with van der Waals surface area (Å²) in [6.45, 7) is 0.555. The van der Waals surface area contributed by atoms with Crippen LogP contribution in [0.4, 0.5) is 14.7 Å². The minimum atomic E-state index is -3.02. The van der Waals surface area contributed by atoms with Crippen LogP contribution in [-0.4, -0.2) is 24.9 Å². The second-order valence-electron chi connectivity index (χ2n) is 9.38. The van der Waals surface area contributed by atoms with E-state index in [0.29, 0.717) is 40.8 Å². The summed E-state index contributed by atoms with van der Waals surface area (Å²) in [5.41, 5.74) is 0.416. The van der Waals surface area contributed by atoms with E-state index in [2.05, 4.69) is 21.4 Å². The van der Waals surface area contributed by atoms with E-state index in [4.69, 9.17) is 10.00 Å². The van der Waals surface area contributed by atoms with Crippen molar-refractivity contribution < 1.29 is 13.5 Å². The van der Waals surface area contributed by atoms with E-state index in [1.165, 1.54) is 13.1 Å². The molecule has 1 N–H and O–H groups in total. The van der Waals surface area contributed by atoms with Crippen LogP contribution in [0.3, 0.4) is 0 Å². The Morgan fingerprint density at radius 2 is 1.86 bits per heavy atom. The van der Waals surface area contributed by atoms with Gasteiger partial charge in [0, 0.05) is 18.7 Å². The lowest BCUT2D eigenvalue weighted by molar-refractivity contribution is -0.0665. The second kappa shape index (κ2) is 7.64. The highest BCUT2D eigenvalue weighted by molar-refractivity contribution is 5.81. The maximum atomic E-state index is 14.0. The molecule has 2 aromatic heterocycles. The minimum Gasteiger partial charge on any atom is -0.436 e. The molecule has 0 unspecified atom stereocenters. The number of benzene rings is 1. The van der Waals surface area contributed by atoms with Gasteiger partial charge in [-0.05, 0) is 68.0 Å². The Bertz CT molecular complexity index is 1510. The fourth-order valence-electron chi connectivity index (χ4n) is 5.29. The highest BCUT2D eigenvalue weighted by Gasteiger charge is 2.69. The predicted octanol–water partition coefficient (Wildman–Crippen LogP) is 4.33. The molecule has 3 aromatic rings. The molecule has 2 bridgehead atoms. The van der Waals surface area contributed by atoms with Gasteiger partial charge in [-0.1, -0.05) is 0 Å². The summed E-state index contributed by atoms with van der Waals surface area (Å²) in [6, 6.07) is 7.85. The van der Waals surface area contributed by atoms with E-state index < -0.39 is 12.1 Å². The number of fused-ring (bicyclic) bond motifs is 1. The number of rotatable bonds is 6. The molecule has 0 saturated heterocycles. The summed E-state index contributed by atoms with van der Waals surface area (Å²) < 4.78 is 35.3. The van der Waals surface area contributed by atoms with E-state index in [-0.39, 0.29) is 33.8 Å². The largest absolute Gasteiger partial charge is 0.436 e. The van der Waals surface area contributed by atoms with Gasteiger partial charge in [0.05, 0.1) is 17.6 Å². The van der Waals surface area contributed by atoms with Crippen molar-refractivity contribution in [1.82, 2.24) is 19.3 Å². The monoisotopic (exact) mass is 477 g/mol. The molecule has 178 valence electrons. The molecule has 3 aliphatic carbocycles. The Balaban J connectivity index is 1.62. The zero-order valence-corrected chi connectivity index (χ0v) is 19.3. The van der Waals surface area contributed by atoms with Gasteiger partial charge in [-0.25, -0.2) is 14.3 Å². The zero-order valence-electron chi connectivity index (χ0n) is 19.3. The van der Waals surface area contributed by atoms with Crippen molar-refractivity contribution in [3.63, 3.8) is 0 Å². The van der Waals surface area contributed by atoms with Gasteiger partial charge in [-0.3, -0.25) is 4.79 Å². The third kappa shape index (κ3) is 3.43. The first-order chi connectivity index (χ1) is 16.6. The highest BCUT2D eigenvalue weighted by Crippen LogP contribution is 2.67. The maximum Gasteiger partial charge on any atom is 0.332 e. The molecule has 0 aliphatic heterocycles. The van der Waals surface area contributed by atoms with Crippen molar-refractivity contribution >= 4 is 23.1 Å². The molecule has 0 radical (unpaired) electrons. The van der Waals surface area contributed by atoms with Crippen molar-refractivity contribution in [3.05, 3.63) is 45.3 Å². The predicted molar refractivity (Wildman–Crippen MR) is 123 cm³/mol. The summed E-state index contributed by atoms with van der Waals surface area (Å²) >= 11 is 0. The van der Waals surface area contributed by atoms with Crippen molar-refractivity contribution in [2.75, 3.05) is 5.32 Å². The fraction of sp³-hybridized carbons (Fsp3) is 0.375. The second-order valence-corrected chi connectivity index (χ2v) is 9.38. The molecule has 3 aliphatic rings. The summed E-state index contributed by atoms with van der Waals surface area (Å²) in [6.07, 6.45) is 4.92. The van der Waals surface area contributed by atoms with E-state index in [1.54, 1.807) is 32.1 Å². The van der Waals surface area contributed by atoms with E-state index in [1.807, 2.05) is 6.07 Å². The third-order valence-corrected chi connectivity index (χ3v) is 6.76. The van der Waals surface area contributed by atoms with Crippen LogP contribution < -0.4 is 15.6 Å². The van der Waals surface area contributed by atoms with Gasteiger partial charge in [0.25, 0.3) is 11.4 Å². The molecule has 0 spiro atoms. The van der Waals surface area contributed by atoms with Gasteiger partial charge in [0.1, 0.15) is 5.75 Å². The Morgan fingerprint density at radius 1 is 1.20 bits per heavy atom. The molecular weight excluding hydrogens is 456 g/mol. The average molecular weight is 477 g/mol. The Morgan fingerprint density at radius 3 is 2.43 bits per heavy atom. The lowest BCUT2D eigenvalue weighted by Crippen LogP contribution is -2.70. The van der Waals surface area contributed by atoms with Crippen LogP contribution >= 0.6 is 0 Å². The summed E-state index contributed by atoms with van der Waals surface area (Å²) in [4.78, 5) is 21.5. The Labute approximate surface area is 198 Å². The molecule has 2 heterocycles. The van der Waals surface area contributed by atoms with Gasteiger partial charge in [0.15, 0.2) is 11.0 Å². The number of aryl methyl sites for hydroxylation is 2. The van der Waals surface area contributed by atoms with E-state index in [9.17, 15) is 18.8 Å². The van der Waals surface area contributed by atoms with E-state index >= 15 is 0 Å². The number of nitrogens with one attached hydrogen (secondary N) is 1. The lowest BCUT2D eigenvalue weighted by atomic mass is 9.40. The van der Waals surface area contributed by atoms with E-state index in [0.717, 1.165) is 10.2 Å². The topological polar surface area (TPSA) is 122 Å². The van der Waals surface area contributed by atoms with Gasteiger partial charge in [0.2, 0.25) is 5.95 Å². The molecule has 0 amide bonds. The third-order valence-electron chi connectivity index (χ3n) is 6.76. The molecule has 35 heavy (non-hydrogen) atoms. The molecule has 9 nitrogen and oxygen atoms in total. The van der Waals surface area contributed by atoms with Gasteiger partial charge >= 0.3 is 6.55 Å². The quantitative estimate of drug-likeness (QED) is 0.525. The number of nitriles is 2. The average Bonchev–Trinajstić information content (AvgIpc) is 3.01. The first-order valence-electron chi connectivity index (χ1n) is 10.9. The molecule has 6 rings (SSSR count). The number of hydrogen-bond donors (Lipinski definition) is 1. The molecule has 0 atom stereocenters. The molecule has 3 fully saturated rings. The first kappa shape index (κ1) is 22.5. The number of allylic oxidation sites excluding steroid dienone is 1. The van der Waals surface area contributed by atoms with Crippen molar-refractivity contribution in [2.45, 2.75) is 45.2 Å². The van der Waals surface area contributed by atoms with Crippen LogP contribution in [0, 0.1) is 41.9 Å². The number of hydrogen-bond acceptors (Lipinski definition) is 7. The summed E-state index contributed by atoms with van der Waals surface area (Å²) in [5, 5.41) is 21.3. The van der Waals surface area contributed by atoms with Crippen molar-refractivity contribution in [2.24, 2.45) is 12.5 Å².